The Morgan fingerprint density at radius 2 is 1.95 bits per heavy atom. The zero-order valence-electron chi connectivity index (χ0n) is 12.8. The van der Waals surface area contributed by atoms with Crippen LogP contribution in [0, 0.1) is 28.7 Å². The highest BCUT2D eigenvalue weighted by Gasteiger charge is 2.57. The first kappa shape index (κ1) is 14.7. The average Bonchev–Trinajstić information content (AvgIpc) is 2.90. The van der Waals surface area contributed by atoms with E-state index in [1.54, 1.807) is 0 Å². The lowest BCUT2D eigenvalue weighted by molar-refractivity contribution is 0.342. The number of nitriles is 1. The predicted molar refractivity (Wildman–Crippen MR) is 82.7 cm³/mol. The number of nitrogens with zero attached hydrogens (tertiary/aromatic N) is 2. The second-order valence-corrected chi connectivity index (χ2v) is 6.66. The molecule has 0 radical (unpaired) electrons. The molecular formula is C18H24N2. The van der Waals surface area contributed by atoms with Crippen molar-refractivity contribution in [2.45, 2.75) is 33.7 Å². The average molecular weight is 268 g/mol. The van der Waals surface area contributed by atoms with Crippen molar-refractivity contribution in [2.75, 3.05) is 6.54 Å². The van der Waals surface area contributed by atoms with Gasteiger partial charge >= 0.3 is 0 Å². The van der Waals surface area contributed by atoms with Crippen LogP contribution in [-0.4, -0.2) is 11.4 Å². The van der Waals surface area contributed by atoms with Crippen LogP contribution in [0.25, 0.3) is 0 Å². The van der Waals surface area contributed by atoms with Gasteiger partial charge in [0.25, 0.3) is 0 Å². The van der Waals surface area contributed by atoms with Crippen LogP contribution >= 0.6 is 0 Å². The van der Waals surface area contributed by atoms with E-state index in [4.69, 9.17) is 0 Å². The summed E-state index contributed by atoms with van der Waals surface area (Å²) in [6.45, 7) is 12.3. The van der Waals surface area contributed by atoms with Gasteiger partial charge in [0.15, 0.2) is 6.19 Å². The summed E-state index contributed by atoms with van der Waals surface area (Å²) >= 11 is 0. The summed E-state index contributed by atoms with van der Waals surface area (Å²) in [6, 6.07) is 10.2. The fourth-order valence-corrected chi connectivity index (χ4v) is 3.18. The molecule has 0 aromatic heterocycles. The van der Waals surface area contributed by atoms with Gasteiger partial charge in [0.05, 0.1) is 6.54 Å². The first-order valence-electron chi connectivity index (χ1n) is 7.28. The standard InChI is InChI=1S/C18H24N2/c1-14(2)10-16-17(18(16,3)4)12-20(13-19)11-15-8-6-5-7-9-15/h5-9,16-17H,1,10-12H2,2-4H3/t16-,17+/m0/s1. The fraction of sp³-hybridized carbons (Fsp3) is 0.500. The minimum atomic E-state index is 0.338. The van der Waals surface area contributed by atoms with Crippen LogP contribution in [0.4, 0.5) is 0 Å². The molecule has 1 fully saturated rings. The van der Waals surface area contributed by atoms with E-state index in [9.17, 15) is 5.26 Å². The Kier molecular flexibility index (Phi) is 4.18. The molecule has 106 valence electrons. The van der Waals surface area contributed by atoms with E-state index >= 15 is 0 Å². The molecule has 1 aliphatic rings. The van der Waals surface area contributed by atoms with Crippen LogP contribution in [0.3, 0.4) is 0 Å². The third kappa shape index (κ3) is 3.22. The molecule has 0 unspecified atom stereocenters. The van der Waals surface area contributed by atoms with Gasteiger partial charge in [-0.05, 0) is 36.2 Å². The summed E-state index contributed by atoms with van der Waals surface area (Å²) in [4.78, 5) is 1.89. The smallest absolute Gasteiger partial charge is 0.179 e. The van der Waals surface area contributed by atoms with Crippen LogP contribution < -0.4 is 0 Å². The molecule has 1 aromatic rings. The Morgan fingerprint density at radius 3 is 2.50 bits per heavy atom. The second kappa shape index (κ2) is 5.71. The zero-order chi connectivity index (χ0) is 14.8. The molecule has 1 saturated carbocycles. The molecule has 1 aliphatic carbocycles. The molecule has 20 heavy (non-hydrogen) atoms. The van der Waals surface area contributed by atoms with Gasteiger partial charge in [-0.1, -0.05) is 49.8 Å². The summed E-state index contributed by atoms with van der Waals surface area (Å²) in [5.41, 5.74) is 2.78. The maximum atomic E-state index is 9.36. The highest BCUT2D eigenvalue weighted by atomic mass is 15.1. The number of allylic oxidation sites excluding steroid dienone is 1. The van der Waals surface area contributed by atoms with Crippen LogP contribution in [0.2, 0.25) is 0 Å². The molecule has 0 bridgehead atoms. The van der Waals surface area contributed by atoms with Gasteiger partial charge in [-0.25, -0.2) is 0 Å². The lowest BCUT2D eigenvalue weighted by Crippen LogP contribution is -2.21. The third-order valence-corrected chi connectivity index (χ3v) is 4.63. The molecule has 0 spiro atoms. The van der Waals surface area contributed by atoms with E-state index in [2.05, 4.69) is 45.7 Å². The van der Waals surface area contributed by atoms with Gasteiger partial charge in [0.1, 0.15) is 0 Å². The topological polar surface area (TPSA) is 27.0 Å². The highest BCUT2D eigenvalue weighted by Crippen LogP contribution is 2.60. The SMILES string of the molecule is C=C(C)C[C@H]1[C@@H](CN(C#N)Cc2ccccc2)C1(C)C. The first-order valence-corrected chi connectivity index (χ1v) is 7.28. The molecule has 2 heteroatoms. The second-order valence-electron chi connectivity index (χ2n) is 6.66. The molecule has 0 amide bonds. The predicted octanol–water partition coefficient (Wildman–Crippen LogP) is 4.21. The van der Waals surface area contributed by atoms with Crippen molar-refractivity contribution in [2.24, 2.45) is 17.3 Å². The number of hydrogen-bond donors (Lipinski definition) is 0. The molecule has 2 rings (SSSR count). The normalized spacial score (nSPS) is 22.9. The molecule has 0 saturated heterocycles. The Balaban J connectivity index is 1.95. The van der Waals surface area contributed by atoms with E-state index in [1.165, 1.54) is 11.1 Å². The van der Waals surface area contributed by atoms with Crippen LogP contribution in [-0.2, 0) is 6.54 Å². The van der Waals surface area contributed by atoms with Crippen molar-refractivity contribution in [1.29, 1.82) is 5.26 Å². The Labute approximate surface area is 122 Å². The largest absolute Gasteiger partial charge is 0.306 e. The summed E-state index contributed by atoms with van der Waals surface area (Å²) in [5, 5.41) is 9.36. The Hall–Kier alpha value is -1.75. The quantitative estimate of drug-likeness (QED) is 0.439. The van der Waals surface area contributed by atoms with E-state index in [0.717, 1.165) is 13.0 Å². The van der Waals surface area contributed by atoms with Gasteiger partial charge in [-0.3, -0.25) is 0 Å². The van der Waals surface area contributed by atoms with Gasteiger partial charge in [0.2, 0.25) is 0 Å². The highest BCUT2D eigenvalue weighted by molar-refractivity contribution is 5.16. The van der Waals surface area contributed by atoms with Gasteiger partial charge < -0.3 is 4.90 Å². The minimum Gasteiger partial charge on any atom is -0.306 e. The maximum Gasteiger partial charge on any atom is 0.179 e. The number of rotatable bonds is 6. The monoisotopic (exact) mass is 268 g/mol. The summed E-state index contributed by atoms with van der Waals surface area (Å²) in [7, 11) is 0. The van der Waals surface area contributed by atoms with Crippen LogP contribution in [0.15, 0.2) is 42.5 Å². The van der Waals surface area contributed by atoms with Crippen molar-refractivity contribution in [3.63, 3.8) is 0 Å². The van der Waals surface area contributed by atoms with Crippen molar-refractivity contribution < 1.29 is 0 Å². The molecule has 2 atom stereocenters. The molecule has 2 nitrogen and oxygen atoms in total. The van der Waals surface area contributed by atoms with Gasteiger partial charge in [-0.2, -0.15) is 5.26 Å². The Bertz CT molecular complexity index is 510. The molecular weight excluding hydrogens is 244 g/mol. The number of benzene rings is 1. The van der Waals surface area contributed by atoms with Crippen LogP contribution in [0.5, 0.6) is 0 Å². The molecule has 0 N–H and O–H groups in total. The van der Waals surface area contributed by atoms with Crippen molar-refractivity contribution in [1.82, 2.24) is 4.90 Å². The minimum absolute atomic E-state index is 0.338. The third-order valence-electron chi connectivity index (χ3n) is 4.63. The van der Waals surface area contributed by atoms with Crippen molar-refractivity contribution in [3.05, 3.63) is 48.0 Å². The molecule has 0 heterocycles. The molecule has 0 aliphatic heterocycles. The Morgan fingerprint density at radius 1 is 1.30 bits per heavy atom. The first-order chi connectivity index (χ1) is 9.45. The van der Waals surface area contributed by atoms with E-state index in [1.807, 2.05) is 23.1 Å². The summed E-state index contributed by atoms with van der Waals surface area (Å²) in [6.07, 6.45) is 3.43. The van der Waals surface area contributed by atoms with Gasteiger partial charge in [0, 0.05) is 6.54 Å². The molecule has 1 aromatic carbocycles. The van der Waals surface area contributed by atoms with Crippen molar-refractivity contribution in [3.8, 4) is 6.19 Å². The zero-order valence-corrected chi connectivity index (χ0v) is 12.8. The van der Waals surface area contributed by atoms with Crippen molar-refractivity contribution >= 4 is 0 Å². The van der Waals surface area contributed by atoms with E-state index < -0.39 is 0 Å². The maximum absolute atomic E-state index is 9.36. The van der Waals surface area contributed by atoms with Crippen LogP contribution in [0.1, 0.15) is 32.8 Å². The summed E-state index contributed by atoms with van der Waals surface area (Å²) < 4.78 is 0. The van der Waals surface area contributed by atoms with E-state index in [0.29, 0.717) is 23.8 Å². The lowest BCUT2D eigenvalue weighted by atomic mass is 10.0. The lowest BCUT2D eigenvalue weighted by Gasteiger charge is -2.16. The van der Waals surface area contributed by atoms with Gasteiger partial charge in [-0.15, -0.1) is 6.58 Å². The fourth-order valence-electron chi connectivity index (χ4n) is 3.18. The van der Waals surface area contributed by atoms with E-state index in [-0.39, 0.29) is 0 Å². The summed E-state index contributed by atoms with van der Waals surface area (Å²) in [5.74, 6) is 1.27. The number of hydrogen-bond acceptors (Lipinski definition) is 2.